The average Bonchev–Trinajstić information content (AvgIpc) is 2.84. The van der Waals surface area contributed by atoms with Crippen LogP contribution in [-0.4, -0.2) is 75.9 Å². The number of aromatic carboxylic acids is 1. The number of carboxylic acids is 1. The second kappa shape index (κ2) is 15.4. The number of carboxylic acid groups (broad SMARTS) is 1. The lowest BCUT2D eigenvalue weighted by atomic mass is 10.1. The Kier molecular flexibility index (Phi) is 12.2. The molecule has 35 heavy (non-hydrogen) atoms. The van der Waals surface area contributed by atoms with Crippen LogP contribution in [0.2, 0.25) is 0 Å². The number of hydrogen-bond acceptors (Lipinski definition) is 8. The fraction of sp³-hybridized carbons (Fsp3) is 0.375. The molecule has 0 saturated heterocycles. The topological polar surface area (TPSA) is 158 Å². The summed E-state index contributed by atoms with van der Waals surface area (Å²) in [6, 6.07) is 11.8. The number of benzene rings is 2. The Morgan fingerprint density at radius 1 is 0.829 bits per heavy atom. The van der Waals surface area contributed by atoms with Gasteiger partial charge in [-0.3, -0.25) is 10.1 Å². The van der Waals surface area contributed by atoms with Crippen molar-refractivity contribution in [1.29, 1.82) is 0 Å². The molecule has 11 heteroatoms. The first kappa shape index (κ1) is 27.7. The maximum Gasteiger partial charge on any atom is 0.411 e. The van der Waals surface area contributed by atoms with Gasteiger partial charge in [-0.25, -0.2) is 9.59 Å². The highest BCUT2D eigenvalue weighted by Crippen LogP contribution is 2.13. The zero-order chi connectivity index (χ0) is 25.5. The third kappa shape index (κ3) is 11.0. The summed E-state index contributed by atoms with van der Waals surface area (Å²) in [4.78, 5) is 35.1. The van der Waals surface area contributed by atoms with E-state index in [0.717, 1.165) is 5.56 Å². The molecule has 0 spiro atoms. The lowest BCUT2D eigenvalue weighted by Gasteiger charge is -2.13. The molecule has 0 bridgehead atoms. The Hall–Kier alpha value is -3.51. The van der Waals surface area contributed by atoms with Crippen LogP contribution >= 0.6 is 0 Å². The van der Waals surface area contributed by atoms with Crippen LogP contribution in [-0.2, 0) is 30.2 Å². The van der Waals surface area contributed by atoms with Gasteiger partial charge in [0.2, 0.25) is 5.91 Å². The van der Waals surface area contributed by atoms with Gasteiger partial charge in [0, 0.05) is 18.5 Å². The van der Waals surface area contributed by atoms with Crippen molar-refractivity contribution in [2.24, 2.45) is 5.73 Å². The fourth-order valence-electron chi connectivity index (χ4n) is 2.81. The number of carbonyl (C=O) groups excluding carboxylic acids is 2. The van der Waals surface area contributed by atoms with Crippen molar-refractivity contribution < 1.29 is 38.4 Å². The summed E-state index contributed by atoms with van der Waals surface area (Å²) >= 11 is 0. The van der Waals surface area contributed by atoms with E-state index < -0.39 is 24.0 Å². The zero-order valence-electron chi connectivity index (χ0n) is 19.5. The molecule has 0 heterocycles. The molecule has 0 saturated carbocycles. The third-order valence-electron chi connectivity index (χ3n) is 4.66. The van der Waals surface area contributed by atoms with Gasteiger partial charge >= 0.3 is 12.1 Å². The Balaban J connectivity index is 1.66. The van der Waals surface area contributed by atoms with E-state index in [2.05, 4.69) is 10.6 Å². The van der Waals surface area contributed by atoms with Crippen LogP contribution < -0.4 is 16.4 Å². The number of nitrogens with one attached hydrogen (secondary N) is 2. The molecule has 0 fully saturated rings. The summed E-state index contributed by atoms with van der Waals surface area (Å²) in [6.45, 7) is 2.22. The molecule has 5 N–H and O–H groups in total. The first-order chi connectivity index (χ1) is 16.9. The third-order valence-corrected chi connectivity index (χ3v) is 4.66. The van der Waals surface area contributed by atoms with E-state index >= 15 is 0 Å². The minimum absolute atomic E-state index is 0.102. The van der Waals surface area contributed by atoms with Gasteiger partial charge in [-0.2, -0.15) is 0 Å². The van der Waals surface area contributed by atoms with E-state index in [1.165, 1.54) is 24.3 Å². The van der Waals surface area contributed by atoms with Crippen LogP contribution in [0.4, 0.5) is 16.2 Å². The van der Waals surface area contributed by atoms with Crippen molar-refractivity contribution in [3.63, 3.8) is 0 Å². The Morgan fingerprint density at radius 2 is 1.37 bits per heavy atom. The lowest BCUT2D eigenvalue weighted by Crippen LogP contribution is -2.37. The van der Waals surface area contributed by atoms with Crippen molar-refractivity contribution in [1.82, 2.24) is 0 Å². The fourth-order valence-corrected chi connectivity index (χ4v) is 2.81. The normalized spacial score (nSPS) is 11.5. The molecular weight excluding hydrogens is 458 g/mol. The molecule has 0 aliphatic rings. The molecule has 0 radical (unpaired) electrons. The number of rotatable bonds is 15. The van der Waals surface area contributed by atoms with E-state index in [1.54, 1.807) is 31.4 Å². The SMILES string of the molecule is COCCOCCOCCOC(=O)Nc1ccc(C[C@H](N)C(=O)Nc2ccc(C(=O)O)cc2)cc1. The molecule has 2 amide bonds. The van der Waals surface area contributed by atoms with Gasteiger partial charge in [0.05, 0.1) is 44.6 Å². The molecule has 0 aromatic heterocycles. The number of carbonyl (C=O) groups is 3. The van der Waals surface area contributed by atoms with E-state index in [-0.39, 0.29) is 25.2 Å². The van der Waals surface area contributed by atoms with Crippen LogP contribution in [0.15, 0.2) is 48.5 Å². The number of anilines is 2. The highest BCUT2D eigenvalue weighted by atomic mass is 16.6. The lowest BCUT2D eigenvalue weighted by molar-refractivity contribution is -0.117. The van der Waals surface area contributed by atoms with E-state index in [4.69, 9.17) is 29.8 Å². The largest absolute Gasteiger partial charge is 0.478 e. The maximum atomic E-state index is 12.3. The molecule has 11 nitrogen and oxygen atoms in total. The molecule has 190 valence electrons. The summed E-state index contributed by atoms with van der Waals surface area (Å²) in [5.41, 5.74) is 7.90. The Labute approximate surface area is 203 Å². The second-order valence-corrected chi connectivity index (χ2v) is 7.36. The minimum Gasteiger partial charge on any atom is -0.478 e. The number of ether oxygens (including phenoxy) is 4. The van der Waals surface area contributed by atoms with Crippen LogP contribution in [0.25, 0.3) is 0 Å². The predicted octanol–water partition coefficient (Wildman–Crippen LogP) is 2.12. The highest BCUT2D eigenvalue weighted by Gasteiger charge is 2.15. The van der Waals surface area contributed by atoms with Crippen molar-refractivity contribution in [3.8, 4) is 0 Å². The molecule has 2 aromatic rings. The van der Waals surface area contributed by atoms with Crippen molar-refractivity contribution in [2.45, 2.75) is 12.5 Å². The number of hydrogen-bond donors (Lipinski definition) is 4. The Morgan fingerprint density at radius 3 is 1.97 bits per heavy atom. The number of nitrogens with two attached hydrogens (primary N) is 1. The smallest absolute Gasteiger partial charge is 0.411 e. The van der Waals surface area contributed by atoms with E-state index in [9.17, 15) is 14.4 Å². The first-order valence-electron chi connectivity index (χ1n) is 11.0. The summed E-state index contributed by atoms with van der Waals surface area (Å²) in [7, 11) is 1.60. The van der Waals surface area contributed by atoms with Crippen LogP contribution in [0, 0.1) is 0 Å². The van der Waals surface area contributed by atoms with Crippen LogP contribution in [0.3, 0.4) is 0 Å². The standard InChI is InChI=1S/C24H31N3O8/c1-32-10-11-33-12-13-34-14-15-35-24(31)27-20-6-2-17(3-7-20)16-21(25)22(28)26-19-8-4-18(5-9-19)23(29)30/h2-9,21H,10-16,25H2,1H3,(H,26,28)(H,27,31)(H,29,30)/t21-/m0/s1. The molecule has 0 aliphatic carbocycles. The summed E-state index contributed by atoms with van der Waals surface area (Å²) in [5, 5.41) is 14.2. The number of methoxy groups -OCH3 is 1. The molecule has 1 atom stereocenters. The van der Waals surface area contributed by atoms with Gasteiger partial charge in [-0.1, -0.05) is 12.1 Å². The maximum absolute atomic E-state index is 12.3. The van der Waals surface area contributed by atoms with E-state index in [1.807, 2.05) is 0 Å². The van der Waals surface area contributed by atoms with Crippen molar-refractivity contribution >= 4 is 29.3 Å². The summed E-state index contributed by atoms with van der Waals surface area (Å²) in [6.07, 6.45) is -0.335. The monoisotopic (exact) mass is 489 g/mol. The van der Waals surface area contributed by atoms with Gasteiger partial charge in [-0.05, 0) is 48.4 Å². The van der Waals surface area contributed by atoms with Gasteiger partial charge < -0.3 is 35.1 Å². The van der Waals surface area contributed by atoms with Gasteiger partial charge in [-0.15, -0.1) is 0 Å². The zero-order valence-corrected chi connectivity index (χ0v) is 19.5. The quantitative estimate of drug-likeness (QED) is 0.275. The van der Waals surface area contributed by atoms with Crippen LogP contribution in [0.1, 0.15) is 15.9 Å². The molecular formula is C24H31N3O8. The van der Waals surface area contributed by atoms with Gasteiger partial charge in [0.15, 0.2) is 0 Å². The van der Waals surface area contributed by atoms with Crippen molar-refractivity contribution in [2.75, 3.05) is 57.4 Å². The molecule has 2 aromatic carbocycles. The van der Waals surface area contributed by atoms with Gasteiger partial charge in [0.1, 0.15) is 6.61 Å². The van der Waals surface area contributed by atoms with E-state index in [0.29, 0.717) is 37.8 Å². The molecule has 0 unspecified atom stereocenters. The van der Waals surface area contributed by atoms with Gasteiger partial charge in [0.25, 0.3) is 0 Å². The molecule has 0 aliphatic heterocycles. The molecule has 2 rings (SSSR count). The van der Waals surface area contributed by atoms with Crippen LogP contribution in [0.5, 0.6) is 0 Å². The van der Waals surface area contributed by atoms with Crippen molar-refractivity contribution in [3.05, 3.63) is 59.7 Å². The minimum atomic E-state index is -1.05. The highest BCUT2D eigenvalue weighted by molar-refractivity contribution is 5.95. The predicted molar refractivity (Wildman–Crippen MR) is 129 cm³/mol. The Bertz CT molecular complexity index is 935. The second-order valence-electron chi connectivity index (χ2n) is 7.36. The summed E-state index contributed by atoms with van der Waals surface area (Å²) in [5.74, 6) is -1.45. The first-order valence-corrected chi connectivity index (χ1v) is 11.0. The number of amides is 2. The average molecular weight is 490 g/mol. The summed E-state index contributed by atoms with van der Waals surface area (Å²) < 4.78 is 20.5.